The van der Waals surface area contributed by atoms with Crippen molar-refractivity contribution in [1.82, 2.24) is 5.32 Å². The van der Waals surface area contributed by atoms with Crippen molar-refractivity contribution >= 4 is 22.6 Å². The van der Waals surface area contributed by atoms with E-state index >= 15 is 0 Å². The van der Waals surface area contributed by atoms with Crippen molar-refractivity contribution in [3.63, 3.8) is 0 Å². The third-order valence-electron chi connectivity index (χ3n) is 5.82. The summed E-state index contributed by atoms with van der Waals surface area (Å²) in [5.74, 6) is -0.382. The first kappa shape index (κ1) is 27.2. The Kier molecular flexibility index (Phi) is 9.10. The maximum atomic E-state index is 13.2. The number of carbonyl (C=O) groups is 2. The van der Waals surface area contributed by atoms with E-state index in [-0.39, 0.29) is 13.0 Å². The first-order valence-corrected chi connectivity index (χ1v) is 12.4. The van der Waals surface area contributed by atoms with E-state index in [2.05, 4.69) is 19.2 Å². The van der Waals surface area contributed by atoms with Crippen molar-refractivity contribution in [3.8, 4) is 5.75 Å². The average molecular weight is 492 g/mol. The average Bonchev–Trinajstić information content (AvgIpc) is 2.82. The Bertz CT molecular complexity index is 1160. The molecule has 2 atom stereocenters. The lowest BCUT2D eigenvalue weighted by Gasteiger charge is -2.30. The highest BCUT2D eigenvalue weighted by molar-refractivity contribution is 5.87. The molecule has 0 fully saturated rings. The second-order valence-electron chi connectivity index (χ2n) is 10.7. The highest BCUT2D eigenvalue weighted by atomic mass is 16.5. The Balaban J connectivity index is 1.66. The van der Waals surface area contributed by atoms with Crippen LogP contribution in [0.4, 0.5) is 0 Å². The lowest BCUT2D eigenvalue weighted by Crippen LogP contribution is -2.51. The van der Waals surface area contributed by atoms with Crippen LogP contribution >= 0.6 is 0 Å². The van der Waals surface area contributed by atoms with Gasteiger partial charge in [0.2, 0.25) is 5.91 Å². The highest BCUT2D eigenvalue weighted by Crippen LogP contribution is 2.25. The number of ether oxygens (including phenoxy) is 2. The maximum absolute atomic E-state index is 13.2. The van der Waals surface area contributed by atoms with Crippen LogP contribution in [0.25, 0.3) is 10.8 Å². The molecule has 2 N–H and O–H groups in total. The van der Waals surface area contributed by atoms with Crippen molar-refractivity contribution in [2.24, 2.45) is 11.3 Å². The Morgan fingerprint density at radius 3 is 2.17 bits per heavy atom. The van der Waals surface area contributed by atoms with Crippen molar-refractivity contribution in [2.75, 3.05) is 6.61 Å². The Hall–Kier alpha value is -3.38. The quantitative estimate of drug-likeness (QED) is 0.364. The standard InChI is InChI=1S/C30H37NO5/c1-20(2)18-35-25-14-11-21(12-15-25)17-26(29(33)34)31-28(32)27(30(3,4)5)36-19-22-10-13-23-8-6-7-9-24(23)16-22/h6-16,20,26-27H,17-19H2,1-5H3,(H,31,32)(H,33,34)/t26-,27+/m0/s1. The van der Waals surface area contributed by atoms with E-state index < -0.39 is 29.4 Å². The summed E-state index contributed by atoms with van der Waals surface area (Å²) < 4.78 is 11.8. The van der Waals surface area contributed by atoms with Gasteiger partial charge in [0, 0.05) is 6.42 Å². The zero-order valence-corrected chi connectivity index (χ0v) is 21.8. The van der Waals surface area contributed by atoms with E-state index in [0.717, 1.165) is 27.6 Å². The molecule has 0 bridgehead atoms. The molecular weight excluding hydrogens is 454 g/mol. The van der Waals surface area contributed by atoms with Crippen LogP contribution < -0.4 is 10.1 Å². The predicted octanol–water partition coefficient (Wildman–Crippen LogP) is 5.62. The molecule has 0 aliphatic rings. The van der Waals surface area contributed by atoms with E-state index in [1.165, 1.54) is 0 Å². The van der Waals surface area contributed by atoms with Gasteiger partial charge in [0.1, 0.15) is 17.9 Å². The summed E-state index contributed by atoms with van der Waals surface area (Å²) >= 11 is 0. The molecule has 3 rings (SSSR count). The molecule has 0 unspecified atom stereocenters. The molecular formula is C30H37NO5. The van der Waals surface area contributed by atoms with Gasteiger partial charge in [-0.05, 0) is 51.4 Å². The third-order valence-corrected chi connectivity index (χ3v) is 5.82. The number of nitrogens with one attached hydrogen (secondary N) is 1. The number of amides is 1. The first-order chi connectivity index (χ1) is 17.0. The molecule has 0 heterocycles. The van der Waals surface area contributed by atoms with Gasteiger partial charge in [0.15, 0.2) is 0 Å². The zero-order valence-electron chi connectivity index (χ0n) is 21.8. The number of benzene rings is 3. The number of carbonyl (C=O) groups excluding carboxylic acids is 1. The number of fused-ring (bicyclic) bond motifs is 1. The molecule has 36 heavy (non-hydrogen) atoms. The van der Waals surface area contributed by atoms with E-state index in [4.69, 9.17) is 9.47 Å². The number of rotatable bonds is 11. The molecule has 192 valence electrons. The topological polar surface area (TPSA) is 84.9 Å². The predicted molar refractivity (Wildman–Crippen MR) is 142 cm³/mol. The largest absolute Gasteiger partial charge is 0.493 e. The summed E-state index contributed by atoms with van der Waals surface area (Å²) in [6.07, 6.45) is -0.662. The zero-order chi connectivity index (χ0) is 26.3. The minimum absolute atomic E-state index is 0.160. The van der Waals surface area contributed by atoms with E-state index in [0.29, 0.717) is 12.5 Å². The van der Waals surface area contributed by atoms with Crippen molar-refractivity contribution in [1.29, 1.82) is 0 Å². The minimum Gasteiger partial charge on any atom is -0.493 e. The van der Waals surface area contributed by atoms with E-state index in [1.807, 2.05) is 87.5 Å². The van der Waals surface area contributed by atoms with Crippen LogP contribution in [-0.4, -0.2) is 35.7 Å². The molecule has 0 saturated heterocycles. The molecule has 0 aromatic heterocycles. The second-order valence-corrected chi connectivity index (χ2v) is 10.7. The lowest BCUT2D eigenvalue weighted by atomic mass is 9.88. The van der Waals surface area contributed by atoms with E-state index in [1.54, 1.807) is 0 Å². The van der Waals surface area contributed by atoms with Gasteiger partial charge in [-0.2, -0.15) is 0 Å². The molecule has 0 radical (unpaired) electrons. The van der Waals surface area contributed by atoms with Crippen LogP contribution in [0.2, 0.25) is 0 Å². The van der Waals surface area contributed by atoms with Crippen LogP contribution in [0.3, 0.4) is 0 Å². The molecule has 0 saturated carbocycles. The van der Waals surface area contributed by atoms with Crippen molar-refractivity contribution in [2.45, 2.75) is 59.8 Å². The fraction of sp³-hybridized carbons (Fsp3) is 0.400. The fourth-order valence-corrected chi connectivity index (χ4v) is 3.89. The lowest BCUT2D eigenvalue weighted by molar-refractivity contribution is -0.148. The normalized spacial score (nSPS) is 13.4. The van der Waals surface area contributed by atoms with Crippen LogP contribution in [0.5, 0.6) is 5.75 Å². The summed E-state index contributed by atoms with van der Waals surface area (Å²) in [5.41, 5.74) is 1.22. The van der Waals surface area contributed by atoms with Gasteiger partial charge in [-0.1, -0.05) is 83.1 Å². The van der Waals surface area contributed by atoms with Crippen LogP contribution in [-0.2, 0) is 27.4 Å². The van der Waals surface area contributed by atoms with Gasteiger partial charge in [-0.15, -0.1) is 0 Å². The monoisotopic (exact) mass is 491 g/mol. The number of aliphatic carboxylic acids is 1. The molecule has 6 nitrogen and oxygen atoms in total. The van der Waals surface area contributed by atoms with Gasteiger partial charge in [0.05, 0.1) is 13.2 Å². The van der Waals surface area contributed by atoms with Gasteiger partial charge in [-0.3, -0.25) is 4.79 Å². The van der Waals surface area contributed by atoms with Gasteiger partial charge >= 0.3 is 5.97 Å². The molecule has 3 aromatic rings. The molecule has 0 aliphatic carbocycles. The number of hydrogen-bond acceptors (Lipinski definition) is 4. The summed E-state index contributed by atoms with van der Waals surface area (Å²) in [6, 6.07) is 20.3. The van der Waals surface area contributed by atoms with E-state index in [9.17, 15) is 14.7 Å². The number of carboxylic acid groups (broad SMARTS) is 1. The van der Waals surface area contributed by atoms with Crippen molar-refractivity contribution < 1.29 is 24.2 Å². The van der Waals surface area contributed by atoms with Crippen molar-refractivity contribution in [3.05, 3.63) is 77.9 Å². The number of hydrogen-bond donors (Lipinski definition) is 2. The summed E-state index contributed by atoms with van der Waals surface area (Å²) in [7, 11) is 0. The minimum atomic E-state index is -1.09. The van der Waals surface area contributed by atoms with Gasteiger partial charge in [0.25, 0.3) is 0 Å². The molecule has 0 spiro atoms. The van der Waals surface area contributed by atoms with Gasteiger partial charge in [-0.25, -0.2) is 4.79 Å². The van der Waals surface area contributed by atoms with Gasteiger partial charge < -0.3 is 19.9 Å². The first-order valence-electron chi connectivity index (χ1n) is 12.4. The number of carboxylic acids is 1. The Morgan fingerprint density at radius 2 is 1.56 bits per heavy atom. The summed E-state index contributed by atoms with van der Waals surface area (Å²) in [4.78, 5) is 25.2. The fourth-order valence-electron chi connectivity index (χ4n) is 3.89. The molecule has 3 aromatic carbocycles. The second kappa shape index (κ2) is 12.0. The Labute approximate surface area is 213 Å². The third kappa shape index (κ3) is 7.82. The summed E-state index contributed by atoms with van der Waals surface area (Å²) in [6.45, 7) is 10.7. The van der Waals surface area contributed by atoms with Crippen LogP contribution in [0.1, 0.15) is 45.7 Å². The molecule has 1 amide bonds. The van der Waals surface area contributed by atoms with Crippen LogP contribution in [0.15, 0.2) is 66.7 Å². The Morgan fingerprint density at radius 1 is 0.917 bits per heavy atom. The molecule has 0 aliphatic heterocycles. The highest BCUT2D eigenvalue weighted by Gasteiger charge is 2.34. The van der Waals surface area contributed by atoms with Crippen LogP contribution in [0, 0.1) is 11.3 Å². The maximum Gasteiger partial charge on any atom is 0.326 e. The smallest absolute Gasteiger partial charge is 0.326 e. The molecule has 6 heteroatoms. The summed E-state index contributed by atoms with van der Waals surface area (Å²) in [5, 5.41) is 14.7. The SMILES string of the molecule is CC(C)COc1ccc(C[C@H](NC(=O)[C@@H](OCc2ccc3ccccc3c2)C(C)(C)C)C(=O)O)cc1.